The van der Waals surface area contributed by atoms with E-state index in [4.69, 9.17) is 11.6 Å². The molecule has 0 radical (unpaired) electrons. The van der Waals surface area contributed by atoms with Gasteiger partial charge in [-0.3, -0.25) is 4.79 Å². The van der Waals surface area contributed by atoms with E-state index in [1.54, 1.807) is 20.9 Å². The SMILES string of the molecule is CC(C)NC(=O)CNS(=O)(=O)c1ncn(C)c1Cl. The summed E-state index contributed by atoms with van der Waals surface area (Å²) >= 11 is 5.77. The molecule has 0 aromatic carbocycles. The van der Waals surface area contributed by atoms with Crippen molar-refractivity contribution in [2.45, 2.75) is 24.9 Å². The fraction of sp³-hybridized carbons (Fsp3) is 0.556. The molecular formula is C9H15ClN4O3S. The number of halogens is 1. The molecule has 7 nitrogen and oxygen atoms in total. The van der Waals surface area contributed by atoms with Gasteiger partial charge >= 0.3 is 0 Å². The smallest absolute Gasteiger partial charge is 0.261 e. The third kappa shape index (κ3) is 3.69. The second-order valence-corrected chi connectivity index (χ2v) is 6.04. The molecule has 0 saturated carbocycles. The molecule has 1 heterocycles. The van der Waals surface area contributed by atoms with Crippen LogP contribution in [0.25, 0.3) is 0 Å². The van der Waals surface area contributed by atoms with Crippen LogP contribution < -0.4 is 10.0 Å². The number of carbonyl (C=O) groups excluding carboxylic acids is 1. The van der Waals surface area contributed by atoms with Gasteiger partial charge < -0.3 is 9.88 Å². The number of aromatic nitrogens is 2. The standard InChI is InChI=1S/C9H15ClN4O3S/c1-6(2)13-7(15)4-12-18(16,17)9-8(10)14(3)5-11-9/h5-6,12H,4H2,1-3H3,(H,13,15). The molecule has 18 heavy (non-hydrogen) atoms. The van der Waals surface area contributed by atoms with Crippen LogP contribution >= 0.6 is 11.6 Å². The fourth-order valence-corrected chi connectivity index (χ4v) is 2.58. The monoisotopic (exact) mass is 294 g/mol. The predicted octanol–water partition coefficient (Wildman–Crippen LogP) is -0.124. The minimum atomic E-state index is -3.88. The van der Waals surface area contributed by atoms with Crippen molar-refractivity contribution >= 4 is 27.5 Å². The van der Waals surface area contributed by atoms with Gasteiger partial charge in [0.05, 0.1) is 12.9 Å². The molecule has 1 aromatic rings. The zero-order valence-electron chi connectivity index (χ0n) is 10.3. The van der Waals surface area contributed by atoms with Crippen LogP contribution in [0.2, 0.25) is 5.15 Å². The lowest BCUT2D eigenvalue weighted by atomic mass is 10.4. The minimum absolute atomic E-state index is 0.00762. The van der Waals surface area contributed by atoms with E-state index in [0.717, 1.165) is 0 Å². The average molecular weight is 295 g/mol. The highest BCUT2D eigenvalue weighted by molar-refractivity contribution is 7.89. The lowest BCUT2D eigenvalue weighted by Crippen LogP contribution is -2.39. The maximum atomic E-state index is 11.8. The maximum absolute atomic E-state index is 11.8. The van der Waals surface area contributed by atoms with E-state index in [9.17, 15) is 13.2 Å². The normalized spacial score (nSPS) is 11.8. The highest BCUT2D eigenvalue weighted by atomic mass is 35.5. The van der Waals surface area contributed by atoms with E-state index < -0.39 is 15.9 Å². The van der Waals surface area contributed by atoms with Crippen molar-refractivity contribution in [2.24, 2.45) is 7.05 Å². The van der Waals surface area contributed by atoms with Gasteiger partial charge in [-0.2, -0.15) is 0 Å². The Morgan fingerprint density at radius 2 is 2.17 bits per heavy atom. The number of carbonyl (C=O) groups is 1. The number of imidazole rings is 1. The van der Waals surface area contributed by atoms with Crippen molar-refractivity contribution in [3.8, 4) is 0 Å². The first-order valence-electron chi connectivity index (χ1n) is 5.20. The summed E-state index contributed by atoms with van der Waals surface area (Å²) in [6.45, 7) is 3.21. The van der Waals surface area contributed by atoms with Gasteiger partial charge in [0.25, 0.3) is 10.0 Å². The quantitative estimate of drug-likeness (QED) is 0.791. The Bertz CT molecular complexity index is 538. The van der Waals surface area contributed by atoms with Crippen molar-refractivity contribution in [3.63, 3.8) is 0 Å². The van der Waals surface area contributed by atoms with E-state index in [0.29, 0.717) is 0 Å². The van der Waals surface area contributed by atoms with E-state index in [1.807, 2.05) is 0 Å². The van der Waals surface area contributed by atoms with Gasteiger partial charge in [0.15, 0.2) is 0 Å². The molecule has 0 atom stereocenters. The third-order valence-electron chi connectivity index (χ3n) is 1.96. The topological polar surface area (TPSA) is 93.1 Å². The molecule has 2 N–H and O–H groups in total. The summed E-state index contributed by atoms with van der Waals surface area (Å²) in [4.78, 5) is 15.0. The summed E-state index contributed by atoms with van der Waals surface area (Å²) in [5.41, 5.74) is 0. The number of hydrogen-bond acceptors (Lipinski definition) is 4. The van der Waals surface area contributed by atoms with Crippen LogP contribution in [-0.2, 0) is 21.9 Å². The number of hydrogen-bond donors (Lipinski definition) is 2. The Kier molecular flexibility index (Phi) is 4.71. The largest absolute Gasteiger partial charge is 0.353 e. The molecule has 9 heteroatoms. The number of aryl methyl sites for hydroxylation is 1. The fourth-order valence-electron chi connectivity index (χ4n) is 1.18. The van der Waals surface area contributed by atoms with Crippen molar-refractivity contribution in [1.29, 1.82) is 0 Å². The van der Waals surface area contributed by atoms with Crippen LogP contribution in [0.1, 0.15) is 13.8 Å². The van der Waals surface area contributed by atoms with Gasteiger partial charge in [-0.05, 0) is 13.8 Å². The van der Waals surface area contributed by atoms with Crippen molar-refractivity contribution in [1.82, 2.24) is 19.6 Å². The zero-order valence-corrected chi connectivity index (χ0v) is 11.8. The van der Waals surface area contributed by atoms with Gasteiger partial charge in [-0.1, -0.05) is 11.6 Å². The van der Waals surface area contributed by atoms with Crippen LogP contribution in [0.5, 0.6) is 0 Å². The van der Waals surface area contributed by atoms with E-state index >= 15 is 0 Å². The summed E-state index contributed by atoms with van der Waals surface area (Å²) in [5.74, 6) is -0.416. The van der Waals surface area contributed by atoms with Crippen LogP contribution in [0, 0.1) is 0 Å². The van der Waals surface area contributed by atoms with Gasteiger partial charge in [-0.25, -0.2) is 18.1 Å². The van der Waals surface area contributed by atoms with E-state index in [1.165, 1.54) is 10.9 Å². The van der Waals surface area contributed by atoms with Crippen molar-refractivity contribution < 1.29 is 13.2 Å². The molecule has 0 aliphatic rings. The van der Waals surface area contributed by atoms with Gasteiger partial charge in [0.1, 0.15) is 5.15 Å². The van der Waals surface area contributed by atoms with E-state index in [2.05, 4.69) is 15.0 Å². The van der Waals surface area contributed by atoms with Crippen LogP contribution in [0.4, 0.5) is 0 Å². The molecular weight excluding hydrogens is 280 g/mol. The summed E-state index contributed by atoms with van der Waals surface area (Å²) in [5, 5.41) is 2.27. The number of nitrogens with one attached hydrogen (secondary N) is 2. The van der Waals surface area contributed by atoms with Crippen molar-refractivity contribution in [2.75, 3.05) is 6.54 Å². The third-order valence-corrected chi connectivity index (χ3v) is 3.85. The molecule has 1 rings (SSSR count). The second kappa shape index (κ2) is 5.68. The molecule has 0 spiro atoms. The molecule has 102 valence electrons. The Morgan fingerprint density at radius 1 is 1.56 bits per heavy atom. The molecule has 0 fully saturated rings. The molecule has 1 aromatic heterocycles. The zero-order chi connectivity index (χ0) is 13.9. The lowest BCUT2D eigenvalue weighted by molar-refractivity contribution is -0.120. The summed E-state index contributed by atoms with van der Waals surface area (Å²) < 4.78 is 27.1. The first-order valence-corrected chi connectivity index (χ1v) is 7.06. The number of sulfonamides is 1. The first kappa shape index (κ1) is 14.9. The second-order valence-electron chi connectivity index (χ2n) is 4.00. The first-order chi connectivity index (χ1) is 8.24. The maximum Gasteiger partial charge on any atom is 0.261 e. The highest BCUT2D eigenvalue weighted by Gasteiger charge is 2.22. The predicted molar refractivity (Wildman–Crippen MR) is 66.7 cm³/mol. The van der Waals surface area contributed by atoms with Gasteiger partial charge in [-0.15, -0.1) is 0 Å². The summed E-state index contributed by atoms with van der Waals surface area (Å²) in [7, 11) is -2.31. The lowest BCUT2D eigenvalue weighted by Gasteiger charge is -2.09. The Hall–Kier alpha value is -1.12. The Balaban J connectivity index is 2.72. The number of nitrogens with zero attached hydrogens (tertiary/aromatic N) is 2. The highest BCUT2D eigenvalue weighted by Crippen LogP contribution is 2.17. The van der Waals surface area contributed by atoms with Crippen LogP contribution in [-0.4, -0.2) is 36.5 Å². The summed E-state index contributed by atoms with van der Waals surface area (Å²) in [6.07, 6.45) is 1.28. The molecule has 0 saturated heterocycles. The van der Waals surface area contributed by atoms with Crippen LogP contribution in [0.15, 0.2) is 11.4 Å². The van der Waals surface area contributed by atoms with E-state index in [-0.39, 0.29) is 22.8 Å². The molecule has 0 bridgehead atoms. The number of rotatable bonds is 5. The van der Waals surface area contributed by atoms with Gasteiger partial charge in [0, 0.05) is 13.1 Å². The summed E-state index contributed by atoms with van der Waals surface area (Å²) in [6, 6.07) is -0.0551. The molecule has 0 aliphatic heterocycles. The van der Waals surface area contributed by atoms with Crippen LogP contribution in [0.3, 0.4) is 0 Å². The van der Waals surface area contributed by atoms with Gasteiger partial charge in [0.2, 0.25) is 10.9 Å². The molecule has 0 aliphatic carbocycles. The van der Waals surface area contributed by atoms with Crippen molar-refractivity contribution in [3.05, 3.63) is 11.5 Å². The molecule has 0 unspecified atom stereocenters. The average Bonchev–Trinajstić information content (AvgIpc) is 2.57. The Morgan fingerprint density at radius 3 is 2.61 bits per heavy atom. The Labute approximate surface area is 111 Å². The number of amides is 1. The molecule has 1 amide bonds. The minimum Gasteiger partial charge on any atom is -0.353 e.